The summed E-state index contributed by atoms with van der Waals surface area (Å²) in [5.74, 6) is 0. The molecule has 0 fully saturated rings. The first kappa shape index (κ1) is 13.4. The smallest absolute Gasteiger partial charge is 0.0894 e. The lowest BCUT2D eigenvalue weighted by atomic mass is 10.1. The van der Waals surface area contributed by atoms with Crippen molar-refractivity contribution in [1.29, 1.82) is 0 Å². The van der Waals surface area contributed by atoms with Crippen molar-refractivity contribution < 1.29 is 0 Å². The average Bonchev–Trinajstić information content (AvgIpc) is 3.03. The van der Waals surface area contributed by atoms with E-state index in [4.69, 9.17) is 0 Å². The first-order valence-electron chi connectivity index (χ1n) is 7.00. The topological polar surface area (TPSA) is 42.7 Å². The molecule has 0 radical (unpaired) electrons. The predicted octanol–water partition coefficient (Wildman–Crippen LogP) is 3.50. The Balaban J connectivity index is 1.81. The SMILES string of the molecule is Cc1ccc(CNc2ccccc2-n2ccnn2)cc1C. The van der Waals surface area contributed by atoms with Crippen LogP contribution in [0.5, 0.6) is 0 Å². The van der Waals surface area contributed by atoms with Gasteiger partial charge in [-0.1, -0.05) is 35.5 Å². The molecule has 0 unspecified atom stereocenters. The average molecular weight is 278 g/mol. The van der Waals surface area contributed by atoms with Crippen molar-refractivity contribution >= 4 is 5.69 Å². The van der Waals surface area contributed by atoms with Crippen LogP contribution in [0.3, 0.4) is 0 Å². The van der Waals surface area contributed by atoms with Gasteiger partial charge in [0.2, 0.25) is 0 Å². The minimum atomic E-state index is 0.785. The van der Waals surface area contributed by atoms with Crippen LogP contribution in [0.25, 0.3) is 5.69 Å². The van der Waals surface area contributed by atoms with Crippen LogP contribution < -0.4 is 5.32 Å². The van der Waals surface area contributed by atoms with Crippen molar-refractivity contribution in [2.75, 3.05) is 5.32 Å². The second-order valence-corrected chi connectivity index (χ2v) is 5.14. The molecule has 3 aromatic rings. The molecule has 0 saturated carbocycles. The number of aromatic nitrogens is 3. The van der Waals surface area contributed by atoms with Crippen molar-refractivity contribution in [3.63, 3.8) is 0 Å². The summed E-state index contributed by atoms with van der Waals surface area (Å²) in [6.45, 7) is 5.06. The molecule has 4 nitrogen and oxygen atoms in total. The third-order valence-electron chi connectivity index (χ3n) is 3.63. The lowest BCUT2D eigenvalue weighted by Gasteiger charge is -2.12. The van der Waals surface area contributed by atoms with Gasteiger partial charge in [0.15, 0.2) is 0 Å². The van der Waals surface area contributed by atoms with Crippen LogP contribution >= 0.6 is 0 Å². The molecule has 0 aliphatic rings. The summed E-state index contributed by atoms with van der Waals surface area (Å²) < 4.78 is 1.77. The van der Waals surface area contributed by atoms with Gasteiger partial charge in [0, 0.05) is 6.54 Å². The van der Waals surface area contributed by atoms with Gasteiger partial charge in [-0.15, -0.1) is 5.10 Å². The Morgan fingerprint density at radius 3 is 2.67 bits per heavy atom. The van der Waals surface area contributed by atoms with Gasteiger partial charge in [0.1, 0.15) is 0 Å². The maximum absolute atomic E-state index is 4.05. The van der Waals surface area contributed by atoms with Gasteiger partial charge in [0.05, 0.1) is 23.8 Å². The number of nitrogens with one attached hydrogen (secondary N) is 1. The Bertz CT molecular complexity index is 732. The van der Waals surface area contributed by atoms with E-state index in [1.165, 1.54) is 16.7 Å². The van der Waals surface area contributed by atoms with Crippen LogP contribution in [0, 0.1) is 13.8 Å². The highest BCUT2D eigenvalue weighted by atomic mass is 15.4. The Morgan fingerprint density at radius 1 is 1.05 bits per heavy atom. The summed E-state index contributed by atoms with van der Waals surface area (Å²) in [7, 11) is 0. The molecule has 0 spiro atoms. The lowest BCUT2D eigenvalue weighted by Crippen LogP contribution is -2.05. The van der Waals surface area contributed by atoms with E-state index in [9.17, 15) is 0 Å². The van der Waals surface area contributed by atoms with Crippen LogP contribution in [0.4, 0.5) is 5.69 Å². The number of aryl methyl sites for hydroxylation is 2. The van der Waals surface area contributed by atoms with Gasteiger partial charge >= 0.3 is 0 Å². The number of anilines is 1. The van der Waals surface area contributed by atoms with E-state index in [0.29, 0.717) is 0 Å². The summed E-state index contributed by atoms with van der Waals surface area (Å²) in [5.41, 5.74) is 5.95. The van der Waals surface area contributed by atoms with Gasteiger partial charge in [-0.25, -0.2) is 4.68 Å². The van der Waals surface area contributed by atoms with Crippen molar-refractivity contribution in [3.05, 3.63) is 71.5 Å². The Kier molecular flexibility index (Phi) is 3.69. The second-order valence-electron chi connectivity index (χ2n) is 5.14. The molecule has 21 heavy (non-hydrogen) atoms. The number of rotatable bonds is 4. The highest BCUT2D eigenvalue weighted by Crippen LogP contribution is 2.20. The molecular formula is C17H18N4. The number of hydrogen-bond donors (Lipinski definition) is 1. The molecule has 4 heteroatoms. The largest absolute Gasteiger partial charge is 0.379 e. The fourth-order valence-electron chi connectivity index (χ4n) is 2.27. The molecule has 106 valence electrons. The quantitative estimate of drug-likeness (QED) is 0.794. The number of hydrogen-bond acceptors (Lipinski definition) is 3. The fourth-order valence-corrected chi connectivity index (χ4v) is 2.27. The molecule has 1 heterocycles. The molecule has 2 aromatic carbocycles. The number of benzene rings is 2. The van der Waals surface area contributed by atoms with Crippen molar-refractivity contribution in [3.8, 4) is 5.69 Å². The third kappa shape index (κ3) is 2.94. The van der Waals surface area contributed by atoms with Gasteiger partial charge in [0.25, 0.3) is 0 Å². The molecule has 1 N–H and O–H groups in total. The van der Waals surface area contributed by atoms with Crippen molar-refractivity contribution in [1.82, 2.24) is 15.0 Å². The van der Waals surface area contributed by atoms with E-state index in [2.05, 4.69) is 53.7 Å². The van der Waals surface area contributed by atoms with Crippen LogP contribution in [-0.2, 0) is 6.54 Å². The van der Waals surface area contributed by atoms with E-state index in [0.717, 1.165) is 17.9 Å². The number of nitrogens with zero attached hydrogens (tertiary/aromatic N) is 3. The molecule has 3 rings (SSSR count). The standard InChI is InChI=1S/C17H18N4/c1-13-7-8-15(11-14(13)2)12-18-16-5-3-4-6-17(16)21-10-9-19-20-21/h3-11,18H,12H2,1-2H3. The van der Waals surface area contributed by atoms with E-state index in [1.807, 2.05) is 24.4 Å². The summed E-state index contributed by atoms with van der Waals surface area (Å²) in [5, 5.41) is 11.4. The second kappa shape index (κ2) is 5.79. The van der Waals surface area contributed by atoms with E-state index < -0.39 is 0 Å². The first-order valence-corrected chi connectivity index (χ1v) is 7.00. The number of para-hydroxylation sites is 2. The normalized spacial score (nSPS) is 10.6. The Hall–Kier alpha value is -2.62. The highest BCUT2D eigenvalue weighted by molar-refractivity contribution is 5.60. The molecule has 0 bridgehead atoms. The minimum absolute atomic E-state index is 0.785. The Morgan fingerprint density at radius 2 is 1.90 bits per heavy atom. The van der Waals surface area contributed by atoms with Gasteiger partial charge in [-0.05, 0) is 42.7 Å². The van der Waals surface area contributed by atoms with E-state index in [-0.39, 0.29) is 0 Å². The molecule has 0 saturated heterocycles. The molecular weight excluding hydrogens is 260 g/mol. The summed E-state index contributed by atoms with van der Waals surface area (Å²) >= 11 is 0. The third-order valence-corrected chi connectivity index (χ3v) is 3.63. The van der Waals surface area contributed by atoms with Crippen LogP contribution in [-0.4, -0.2) is 15.0 Å². The molecule has 1 aromatic heterocycles. The molecule has 0 aliphatic carbocycles. The highest BCUT2D eigenvalue weighted by Gasteiger charge is 2.04. The van der Waals surface area contributed by atoms with Crippen LogP contribution in [0.2, 0.25) is 0 Å². The maximum atomic E-state index is 4.05. The predicted molar refractivity (Wildman–Crippen MR) is 84.6 cm³/mol. The van der Waals surface area contributed by atoms with E-state index >= 15 is 0 Å². The van der Waals surface area contributed by atoms with Gasteiger partial charge in [-0.2, -0.15) is 0 Å². The Labute approximate surface area is 124 Å². The molecule has 0 aliphatic heterocycles. The summed E-state index contributed by atoms with van der Waals surface area (Å²) in [6, 6.07) is 14.6. The zero-order valence-electron chi connectivity index (χ0n) is 12.2. The molecule has 0 amide bonds. The van der Waals surface area contributed by atoms with Gasteiger partial charge < -0.3 is 5.32 Å². The van der Waals surface area contributed by atoms with Crippen molar-refractivity contribution in [2.45, 2.75) is 20.4 Å². The zero-order chi connectivity index (χ0) is 14.7. The van der Waals surface area contributed by atoms with E-state index in [1.54, 1.807) is 10.9 Å². The van der Waals surface area contributed by atoms with Crippen LogP contribution in [0.1, 0.15) is 16.7 Å². The summed E-state index contributed by atoms with van der Waals surface area (Å²) in [6.07, 6.45) is 3.52. The maximum Gasteiger partial charge on any atom is 0.0894 e. The first-order chi connectivity index (χ1) is 10.2. The monoisotopic (exact) mass is 278 g/mol. The minimum Gasteiger partial charge on any atom is -0.379 e. The fraction of sp³-hybridized carbons (Fsp3) is 0.176. The lowest BCUT2D eigenvalue weighted by molar-refractivity contribution is 0.803. The van der Waals surface area contributed by atoms with Gasteiger partial charge in [-0.3, -0.25) is 0 Å². The van der Waals surface area contributed by atoms with Crippen LogP contribution in [0.15, 0.2) is 54.9 Å². The summed E-state index contributed by atoms with van der Waals surface area (Å²) in [4.78, 5) is 0. The zero-order valence-corrected chi connectivity index (χ0v) is 12.2. The van der Waals surface area contributed by atoms with Crippen molar-refractivity contribution in [2.24, 2.45) is 0 Å². The molecule has 0 atom stereocenters.